The lowest BCUT2D eigenvalue weighted by Crippen LogP contribution is -2.54. The summed E-state index contributed by atoms with van der Waals surface area (Å²) < 4.78 is 5.45. The summed E-state index contributed by atoms with van der Waals surface area (Å²) in [5.41, 5.74) is -0.0162. The molecule has 0 spiro atoms. The molecule has 38 heavy (non-hydrogen) atoms. The predicted molar refractivity (Wildman–Crippen MR) is 138 cm³/mol. The maximum absolute atomic E-state index is 14.2. The van der Waals surface area contributed by atoms with Crippen LogP contribution in [0.4, 0.5) is 10.6 Å². The number of H-pyrrole nitrogens is 1. The number of aromatic nitrogens is 6. The molecule has 3 aromatic rings. The van der Waals surface area contributed by atoms with Gasteiger partial charge in [0.15, 0.2) is 5.82 Å². The SMILES string of the molecule is CC(C)CN(C(=O)c1cnc(C(C)(C)C)nc1NCc1ccco1)C1CC(c2nn[nH]n2)CN(C(=O)O)C1. The zero-order valence-corrected chi connectivity index (χ0v) is 22.4. The van der Waals surface area contributed by atoms with Crippen LogP contribution in [-0.4, -0.2) is 83.2 Å². The highest BCUT2D eigenvalue weighted by Gasteiger charge is 2.38. The van der Waals surface area contributed by atoms with Crippen molar-refractivity contribution in [3.05, 3.63) is 47.6 Å². The molecule has 3 N–H and O–H groups in total. The van der Waals surface area contributed by atoms with Gasteiger partial charge in [0.05, 0.1) is 18.8 Å². The van der Waals surface area contributed by atoms with E-state index >= 15 is 0 Å². The van der Waals surface area contributed by atoms with Gasteiger partial charge < -0.3 is 24.6 Å². The number of carbonyl (C=O) groups is 2. The number of nitrogens with zero attached hydrogens (tertiary/aromatic N) is 7. The van der Waals surface area contributed by atoms with E-state index in [2.05, 4.69) is 30.9 Å². The van der Waals surface area contributed by atoms with Crippen LogP contribution in [0.25, 0.3) is 0 Å². The molecule has 0 aliphatic carbocycles. The maximum Gasteiger partial charge on any atom is 0.407 e. The van der Waals surface area contributed by atoms with E-state index in [1.807, 2.05) is 40.7 Å². The van der Waals surface area contributed by atoms with Crippen molar-refractivity contribution in [3.63, 3.8) is 0 Å². The second-order valence-corrected chi connectivity index (χ2v) is 11.0. The zero-order chi connectivity index (χ0) is 27.4. The Morgan fingerprint density at radius 2 is 2.11 bits per heavy atom. The van der Waals surface area contributed by atoms with Crippen molar-refractivity contribution in [2.45, 2.75) is 65.0 Å². The first-order valence-electron chi connectivity index (χ1n) is 12.7. The highest BCUT2D eigenvalue weighted by atomic mass is 16.4. The van der Waals surface area contributed by atoms with Crippen molar-refractivity contribution in [1.29, 1.82) is 0 Å². The van der Waals surface area contributed by atoms with Crippen molar-refractivity contribution in [3.8, 4) is 0 Å². The molecule has 3 aromatic heterocycles. The van der Waals surface area contributed by atoms with Crippen LogP contribution in [0.3, 0.4) is 0 Å². The Hall–Kier alpha value is -4.03. The number of furan rings is 1. The van der Waals surface area contributed by atoms with E-state index in [-0.39, 0.29) is 36.2 Å². The lowest BCUT2D eigenvalue weighted by Gasteiger charge is -2.41. The number of hydrogen-bond donors (Lipinski definition) is 3. The summed E-state index contributed by atoms with van der Waals surface area (Å²) in [6.45, 7) is 11.2. The molecule has 0 radical (unpaired) electrons. The minimum Gasteiger partial charge on any atom is -0.467 e. The van der Waals surface area contributed by atoms with Crippen LogP contribution in [0.5, 0.6) is 0 Å². The predicted octanol–water partition coefficient (Wildman–Crippen LogP) is 3.13. The molecule has 13 nitrogen and oxygen atoms in total. The van der Waals surface area contributed by atoms with Crippen LogP contribution in [0, 0.1) is 5.92 Å². The number of amides is 2. The molecular formula is C25H35N9O4. The molecule has 204 valence electrons. The van der Waals surface area contributed by atoms with Crippen LogP contribution in [0.2, 0.25) is 0 Å². The Morgan fingerprint density at radius 1 is 1.32 bits per heavy atom. The first-order valence-corrected chi connectivity index (χ1v) is 12.7. The number of nitrogens with one attached hydrogen (secondary N) is 2. The molecule has 13 heteroatoms. The fraction of sp³-hybridized carbons (Fsp3) is 0.560. The van der Waals surface area contributed by atoms with Crippen LogP contribution in [-0.2, 0) is 12.0 Å². The van der Waals surface area contributed by atoms with Gasteiger partial charge in [0.25, 0.3) is 5.91 Å². The van der Waals surface area contributed by atoms with Crippen LogP contribution in [0.1, 0.15) is 74.7 Å². The van der Waals surface area contributed by atoms with Crippen molar-refractivity contribution in [2.24, 2.45) is 5.92 Å². The number of anilines is 1. The number of rotatable bonds is 8. The van der Waals surface area contributed by atoms with Gasteiger partial charge in [0.1, 0.15) is 23.0 Å². The monoisotopic (exact) mass is 525 g/mol. The molecule has 4 rings (SSSR count). The molecule has 1 aliphatic heterocycles. The second kappa shape index (κ2) is 11.2. The Bertz CT molecular complexity index is 1220. The summed E-state index contributed by atoms with van der Waals surface area (Å²) in [4.78, 5) is 38.5. The topological polar surface area (TPSA) is 166 Å². The summed E-state index contributed by atoms with van der Waals surface area (Å²) >= 11 is 0. The number of carbonyl (C=O) groups excluding carboxylic acids is 1. The molecule has 2 amide bonds. The highest BCUT2D eigenvalue weighted by molar-refractivity contribution is 5.98. The third-order valence-electron chi connectivity index (χ3n) is 6.39. The maximum atomic E-state index is 14.2. The minimum absolute atomic E-state index is 0.136. The summed E-state index contributed by atoms with van der Waals surface area (Å²) in [6, 6.07) is 3.23. The zero-order valence-electron chi connectivity index (χ0n) is 22.4. The van der Waals surface area contributed by atoms with Crippen molar-refractivity contribution in [1.82, 2.24) is 40.4 Å². The summed E-state index contributed by atoms with van der Waals surface area (Å²) in [5, 5.41) is 27.3. The Balaban J connectivity index is 1.69. The van der Waals surface area contributed by atoms with E-state index in [9.17, 15) is 14.7 Å². The summed E-state index contributed by atoms with van der Waals surface area (Å²) in [5.74, 6) is 1.69. The quantitative estimate of drug-likeness (QED) is 0.397. The third kappa shape index (κ3) is 6.26. The van der Waals surface area contributed by atoms with Gasteiger partial charge in [-0.15, -0.1) is 10.2 Å². The van der Waals surface area contributed by atoms with E-state index in [1.54, 1.807) is 23.4 Å². The number of tetrazole rings is 1. The van der Waals surface area contributed by atoms with Gasteiger partial charge in [-0.3, -0.25) is 4.79 Å². The average Bonchev–Trinajstić information content (AvgIpc) is 3.59. The number of piperidine rings is 1. The van der Waals surface area contributed by atoms with E-state index in [1.165, 1.54) is 4.90 Å². The van der Waals surface area contributed by atoms with Gasteiger partial charge >= 0.3 is 6.09 Å². The second-order valence-electron chi connectivity index (χ2n) is 11.0. The number of likely N-dealkylation sites (tertiary alicyclic amines) is 1. The van der Waals surface area contributed by atoms with E-state index < -0.39 is 12.1 Å². The lowest BCUT2D eigenvalue weighted by molar-refractivity contribution is 0.0467. The number of carboxylic acid groups (broad SMARTS) is 1. The molecule has 0 saturated carbocycles. The van der Waals surface area contributed by atoms with Gasteiger partial charge in [-0.2, -0.15) is 5.21 Å². The molecular weight excluding hydrogens is 490 g/mol. The van der Waals surface area contributed by atoms with E-state index in [4.69, 9.17) is 9.40 Å². The van der Waals surface area contributed by atoms with E-state index in [0.29, 0.717) is 48.3 Å². The average molecular weight is 526 g/mol. The molecule has 1 saturated heterocycles. The Morgan fingerprint density at radius 3 is 2.71 bits per heavy atom. The van der Waals surface area contributed by atoms with Gasteiger partial charge in [-0.25, -0.2) is 14.8 Å². The van der Waals surface area contributed by atoms with Gasteiger partial charge in [-0.1, -0.05) is 39.8 Å². The highest BCUT2D eigenvalue weighted by Crippen LogP contribution is 2.30. The van der Waals surface area contributed by atoms with Gasteiger partial charge in [0, 0.05) is 37.2 Å². The first kappa shape index (κ1) is 27.0. The fourth-order valence-corrected chi connectivity index (χ4v) is 4.55. The van der Waals surface area contributed by atoms with Crippen molar-refractivity contribution < 1.29 is 19.1 Å². The standard InChI is InChI=1S/C25H35N9O4/c1-15(2)12-34(17-9-16(20-29-31-32-30-20)13-33(14-17)24(36)37)22(35)19-11-27-23(25(3,4)5)28-21(19)26-10-18-7-6-8-38-18/h6-8,11,15-17H,9-10,12-14H2,1-5H3,(H,36,37)(H,26,27,28)(H,29,30,31,32). The van der Waals surface area contributed by atoms with Crippen molar-refractivity contribution in [2.75, 3.05) is 25.0 Å². The molecule has 2 atom stereocenters. The molecule has 4 heterocycles. The van der Waals surface area contributed by atoms with E-state index in [0.717, 1.165) is 0 Å². The van der Waals surface area contributed by atoms with Crippen LogP contribution >= 0.6 is 0 Å². The largest absolute Gasteiger partial charge is 0.467 e. The molecule has 1 fully saturated rings. The Labute approximate surface area is 221 Å². The third-order valence-corrected chi connectivity index (χ3v) is 6.39. The fourth-order valence-electron chi connectivity index (χ4n) is 4.55. The van der Waals surface area contributed by atoms with Gasteiger partial charge in [0.2, 0.25) is 0 Å². The molecule has 0 aromatic carbocycles. The molecule has 2 unspecified atom stereocenters. The molecule has 0 bridgehead atoms. The normalized spacial score (nSPS) is 18.0. The summed E-state index contributed by atoms with van der Waals surface area (Å²) in [6.07, 6.45) is 2.59. The van der Waals surface area contributed by atoms with Gasteiger partial charge in [-0.05, 0) is 24.5 Å². The lowest BCUT2D eigenvalue weighted by atomic mass is 9.91. The smallest absolute Gasteiger partial charge is 0.407 e. The number of hydrogen-bond acceptors (Lipinski definition) is 9. The van der Waals surface area contributed by atoms with Crippen molar-refractivity contribution >= 4 is 17.8 Å². The molecule has 1 aliphatic rings. The first-order chi connectivity index (χ1) is 18.0. The Kier molecular flexibility index (Phi) is 7.93. The number of aromatic amines is 1. The van der Waals surface area contributed by atoms with Crippen LogP contribution in [0.15, 0.2) is 29.0 Å². The van der Waals surface area contributed by atoms with Crippen LogP contribution < -0.4 is 5.32 Å². The summed E-state index contributed by atoms with van der Waals surface area (Å²) in [7, 11) is 0. The minimum atomic E-state index is -1.06.